The summed E-state index contributed by atoms with van der Waals surface area (Å²) in [4.78, 5) is 20.1. The third-order valence-corrected chi connectivity index (χ3v) is 3.03. The van der Waals surface area contributed by atoms with Crippen LogP contribution in [-0.4, -0.2) is 36.1 Å². The van der Waals surface area contributed by atoms with Crippen molar-refractivity contribution < 1.29 is 9.53 Å². The number of hydrazine groups is 1. The standard InChI is InChI=1S/C15H20N6O2/c1-23-9-5-8-17-13-12(16)14(19-10-18-13)20-21-15(22)11-6-3-2-4-7-11/h2-4,6-7,10H,5,8-9,16H2,1H3,(H,21,22)(H2,17,18,19,20). The molecule has 0 aliphatic carbocycles. The molecule has 0 fully saturated rings. The van der Waals surface area contributed by atoms with Gasteiger partial charge >= 0.3 is 0 Å². The van der Waals surface area contributed by atoms with E-state index in [1.54, 1.807) is 31.4 Å². The third kappa shape index (κ3) is 4.82. The van der Waals surface area contributed by atoms with Crippen LogP contribution in [0.3, 0.4) is 0 Å². The largest absolute Gasteiger partial charge is 0.393 e. The average Bonchev–Trinajstić information content (AvgIpc) is 2.59. The van der Waals surface area contributed by atoms with Crippen LogP contribution < -0.4 is 21.9 Å². The van der Waals surface area contributed by atoms with Crippen molar-refractivity contribution in [3.8, 4) is 0 Å². The molecule has 0 saturated heterocycles. The second-order valence-electron chi connectivity index (χ2n) is 4.70. The summed E-state index contributed by atoms with van der Waals surface area (Å²) in [6.45, 7) is 1.32. The van der Waals surface area contributed by atoms with E-state index in [0.29, 0.717) is 36.0 Å². The number of hydrogen-bond acceptors (Lipinski definition) is 7. The molecule has 2 rings (SSSR count). The number of nitrogens with one attached hydrogen (secondary N) is 3. The Balaban J connectivity index is 1.93. The van der Waals surface area contributed by atoms with Crippen molar-refractivity contribution in [3.05, 3.63) is 42.2 Å². The molecule has 0 saturated carbocycles. The summed E-state index contributed by atoms with van der Waals surface area (Å²) in [5.41, 5.74) is 12.1. The lowest BCUT2D eigenvalue weighted by Gasteiger charge is -2.13. The van der Waals surface area contributed by atoms with Crippen LogP contribution in [0.15, 0.2) is 36.7 Å². The van der Waals surface area contributed by atoms with Crippen molar-refractivity contribution >= 4 is 23.2 Å². The van der Waals surface area contributed by atoms with Gasteiger partial charge in [-0.3, -0.25) is 15.6 Å². The summed E-state index contributed by atoms with van der Waals surface area (Å²) in [7, 11) is 1.65. The molecule has 5 N–H and O–H groups in total. The smallest absolute Gasteiger partial charge is 0.269 e. The number of nitrogens with two attached hydrogens (primary N) is 1. The lowest BCUT2D eigenvalue weighted by atomic mass is 10.2. The number of rotatable bonds is 8. The Morgan fingerprint density at radius 1 is 1.22 bits per heavy atom. The first-order valence-electron chi connectivity index (χ1n) is 7.17. The van der Waals surface area contributed by atoms with Crippen molar-refractivity contribution in [1.82, 2.24) is 15.4 Å². The Morgan fingerprint density at radius 2 is 1.96 bits per heavy atom. The molecular formula is C15H20N6O2. The summed E-state index contributed by atoms with van der Waals surface area (Å²) in [5.74, 6) is 0.560. The SMILES string of the molecule is COCCCNc1ncnc(NNC(=O)c2ccccc2)c1N. The minimum atomic E-state index is -0.279. The van der Waals surface area contributed by atoms with Gasteiger partial charge in [0.25, 0.3) is 5.91 Å². The third-order valence-electron chi connectivity index (χ3n) is 3.03. The number of amides is 1. The van der Waals surface area contributed by atoms with E-state index in [4.69, 9.17) is 10.5 Å². The topological polar surface area (TPSA) is 114 Å². The number of nitrogens with zero attached hydrogens (tertiary/aromatic N) is 2. The van der Waals surface area contributed by atoms with Crippen LogP contribution in [0.2, 0.25) is 0 Å². The molecule has 0 bridgehead atoms. The molecule has 0 aliphatic rings. The number of hydrogen-bond donors (Lipinski definition) is 4. The van der Waals surface area contributed by atoms with Gasteiger partial charge in [0.1, 0.15) is 12.0 Å². The predicted octanol–water partition coefficient (Wildman–Crippen LogP) is 1.26. The Hall–Kier alpha value is -2.87. The van der Waals surface area contributed by atoms with E-state index in [1.807, 2.05) is 6.07 Å². The zero-order chi connectivity index (χ0) is 16.5. The number of methoxy groups -OCH3 is 1. The molecule has 1 amide bonds. The lowest BCUT2D eigenvalue weighted by Crippen LogP contribution is -2.30. The average molecular weight is 316 g/mol. The van der Waals surface area contributed by atoms with Crippen molar-refractivity contribution in [1.29, 1.82) is 0 Å². The summed E-state index contributed by atoms with van der Waals surface area (Å²) in [6, 6.07) is 8.84. The molecule has 1 aromatic heterocycles. The molecule has 8 nitrogen and oxygen atoms in total. The summed E-state index contributed by atoms with van der Waals surface area (Å²) in [6.07, 6.45) is 2.19. The van der Waals surface area contributed by atoms with E-state index >= 15 is 0 Å². The summed E-state index contributed by atoms with van der Waals surface area (Å²) in [5, 5.41) is 3.10. The van der Waals surface area contributed by atoms with Gasteiger partial charge in [-0.25, -0.2) is 9.97 Å². The van der Waals surface area contributed by atoms with Crippen molar-refractivity contribution in [2.24, 2.45) is 0 Å². The van der Waals surface area contributed by atoms with E-state index in [1.165, 1.54) is 6.33 Å². The van der Waals surface area contributed by atoms with Gasteiger partial charge in [0.05, 0.1) is 0 Å². The van der Waals surface area contributed by atoms with Crippen LogP contribution in [0.25, 0.3) is 0 Å². The molecule has 122 valence electrons. The number of aromatic nitrogens is 2. The van der Waals surface area contributed by atoms with Crippen molar-refractivity contribution in [2.45, 2.75) is 6.42 Å². The molecule has 1 heterocycles. The fourth-order valence-corrected chi connectivity index (χ4v) is 1.84. The van der Waals surface area contributed by atoms with Crippen molar-refractivity contribution in [2.75, 3.05) is 36.7 Å². The molecule has 0 aliphatic heterocycles. The molecule has 0 unspecified atom stereocenters. The van der Waals surface area contributed by atoms with Crippen LogP contribution in [-0.2, 0) is 4.74 Å². The molecule has 0 atom stereocenters. The highest BCUT2D eigenvalue weighted by Gasteiger charge is 2.09. The van der Waals surface area contributed by atoms with Crippen LogP contribution in [0.5, 0.6) is 0 Å². The minimum absolute atomic E-state index is 0.279. The Kier molecular flexibility index (Phi) is 6.13. The zero-order valence-corrected chi connectivity index (χ0v) is 12.9. The first kappa shape index (κ1) is 16.5. The number of anilines is 3. The molecule has 0 spiro atoms. The predicted molar refractivity (Wildman–Crippen MR) is 89.0 cm³/mol. The molecule has 23 heavy (non-hydrogen) atoms. The number of ether oxygens (including phenoxy) is 1. The molecule has 0 radical (unpaired) electrons. The van der Waals surface area contributed by atoms with Gasteiger partial charge in [0.2, 0.25) is 0 Å². The number of carbonyl (C=O) groups is 1. The molecular weight excluding hydrogens is 296 g/mol. The normalized spacial score (nSPS) is 10.1. The fraction of sp³-hybridized carbons (Fsp3) is 0.267. The van der Waals surface area contributed by atoms with E-state index in [9.17, 15) is 4.79 Å². The van der Waals surface area contributed by atoms with Gasteiger partial charge in [0.15, 0.2) is 11.6 Å². The summed E-state index contributed by atoms with van der Waals surface area (Å²) < 4.78 is 4.98. The maximum atomic E-state index is 12.0. The van der Waals surface area contributed by atoms with Gasteiger partial charge in [-0.2, -0.15) is 0 Å². The fourth-order valence-electron chi connectivity index (χ4n) is 1.84. The molecule has 8 heteroatoms. The van der Waals surface area contributed by atoms with Gasteiger partial charge in [-0.05, 0) is 18.6 Å². The van der Waals surface area contributed by atoms with Crippen LogP contribution in [0, 0.1) is 0 Å². The highest BCUT2D eigenvalue weighted by Crippen LogP contribution is 2.21. The van der Waals surface area contributed by atoms with Gasteiger partial charge in [-0.15, -0.1) is 0 Å². The first-order chi connectivity index (χ1) is 11.2. The van der Waals surface area contributed by atoms with Crippen LogP contribution in [0.4, 0.5) is 17.3 Å². The maximum Gasteiger partial charge on any atom is 0.269 e. The molecule has 2 aromatic rings. The van der Waals surface area contributed by atoms with E-state index in [2.05, 4.69) is 26.1 Å². The summed E-state index contributed by atoms with van der Waals surface area (Å²) >= 11 is 0. The Morgan fingerprint density at radius 3 is 2.70 bits per heavy atom. The number of carbonyl (C=O) groups excluding carboxylic acids is 1. The van der Waals surface area contributed by atoms with Gasteiger partial charge in [0, 0.05) is 25.8 Å². The maximum absolute atomic E-state index is 12.0. The van der Waals surface area contributed by atoms with E-state index in [-0.39, 0.29) is 5.91 Å². The Labute approximate surface area is 134 Å². The van der Waals surface area contributed by atoms with E-state index in [0.717, 1.165) is 6.42 Å². The van der Waals surface area contributed by atoms with Gasteiger partial charge in [-0.1, -0.05) is 18.2 Å². The highest BCUT2D eigenvalue weighted by molar-refractivity contribution is 5.95. The van der Waals surface area contributed by atoms with Crippen LogP contribution in [0.1, 0.15) is 16.8 Å². The quantitative estimate of drug-likeness (QED) is 0.428. The second kappa shape index (κ2) is 8.54. The number of nitrogen functional groups attached to an aromatic ring is 1. The highest BCUT2D eigenvalue weighted by atomic mass is 16.5. The second-order valence-corrected chi connectivity index (χ2v) is 4.70. The van der Waals surface area contributed by atoms with Crippen LogP contribution >= 0.6 is 0 Å². The first-order valence-corrected chi connectivity index (χ1v) is 7.17. The number of benzene rings is 1. The van der Waals surface area contributed by atoms with E-state index < -0.39 is 0 Å². The van der Waals surface area contributed by atoms with Crippen molar-refractivity contribution in [3.63, 3.8) is 0 Å². The zero-order valence-electron chi connectivity index (χ0n) is 12.9. The monoisotopic (exact) mass is 316 g/mol. The van der Waals surface area contributed by atoms with Gasteiger partial charge < -0.3 is 15.8 Å². The lowest BCUT2D eigenvalue weighted by molar-refractivity contribution is 0.0962. The Bertz CT molecular complexity index is 635. The molecule has 1 aromatic carbocycles. The minimum Gasteiger partial charge on any atom is -0.393 e.